The molecule has 1 aliphatic rings. The van der Waals surface area contributed by atoms with E-state index >= 15 is 0 Å². The lowest BCUT2D eigenvalue weighted by Crippen LogP contribution is -2.07. The van der Waals surface area contributed by atoms with Crippen LogP contribution in [0.5, 0.6) is 0 Å². The van der Waals surface area contributed by atoms with Crippen LogP contribution in [0.3, 0.4) is 0 Å². The highest BCUT2D eigenvalue weighted by Gasteiger charge is 2.27. The van der Waals surface area contributed by atoms with Crippen molar-refractivity contribution in [3.05, 3.63) is 16.5 Å². The van der Waals surface area contributed by atoms with Gasteiger partial charge in [0.25, 0.3) is 0 Å². The SMILES string of the molecule is CN(C)c1nnc(Sc2cc(Br)nc(C3CC3)n2)s1. The predicted octanol–water partition coefficient (Wildman–Crippen LogP) is 3.19. The van der Waals surface area contributed by atoms with Gasteiger partial charge in [0.15, 0.2) is 4.34 Å². The van der Waals surface area contributed by atoms with E-state index in [1.807, 2.05) is 25.1 Å². The summed E-state index contributed by atoms with van der Waals surface area (Å²) in [5.74, 6) is 1.48. The van der Waals surface area contributed by atoms with Crippen molar-refractivity contribution >= 4 is 44.2 Å². The second-order valence-electron chi connectivity index (χ2n) is 4.51. The standard InChI is InChI=1S/C11H12BrN5S2/c1-17(2)10-15-16-11(19-10)18-8-5-7(12)13-9(14-8)6-3-4-6/h5-6H,3-4H2,1-2H3. The maximum atomic E-state index is 4.59. The first-order valence-electron chi connectivity index (χ1n) is 5.85. The van der Waals surface area contributed by atoms with E-state index in [-0.39, 0.29) is 0 Å². The number of nitrogens with zero attached hydrogens (tertiary/aromatic N) is 5. The van der Waals surface area contributed by atoms with E-state index in [0.717, 1.165) is 24.9 Å². The lowest BCUT2D eigenvalue weighted by molar-refractivity contribution is 0.865. The highest BCUT2D eigenvalue weighted by Crippen LogP contribution is 2.40. The van der Waals surface area contributed by atoms with Crippen molar-refractivity contribution < 1.29 is 0 Å². The van der Waals surface area contributed by atoms with Crippen molar-refractivity contribution in [3.63, 3.8) is 0 Å². The highest BCUT2D eigenvalue weighted by atomic mass is 79.9. The fourth-order valence-corrected chi connectivity index (χ4v) is 3.77. The van der Waals surface area contributed by atoms with Gasteiger partial charge in [0.05, 0.1) is 0 Å². The fraction of sp³-hybridized carbons (Fsp3) is 0.455. The van der Waals surface area contributed by atoms with Gasteiger partial charge in [-0.2, -0.15) is 0 Å². The van der Waals surface area contributed by atoms with Crippen LogP contribution >= 0.6 is 39.0 Å². The quantitative estimate of drug-likeness (QED) is 0.783. The van der Waals surface area contributed by atoms with E-state index in [4.69, 9.17) is 0 Å². The van der Waals surface area contributed by atoms with Crippen LogP contribution in [-0.4, -0.2) is 34.3 Å². The largest absolute Gasteiger partial charge is 0.353 e. The smallest absolute Gasteiger partial charge is 0.208 e. The van der Waals surface area contributed by atoms with Crippen molar-refractivity contribution in [3.8, 4) is 0 Å². The molecule has 2 heterocycles. The van der Waals surface area contributed by atoms with Gasteiger partial charge in [-0.25, -0.2) is 9.97 Å². The Morgan fingerprint density at radius 2 is 2.11 bits per heavy atom. The molecule has 3 rings (SSSR count). The molecular weight excluding hydrogens is 346 g/mol. The molecule has 0 atom stereocenters. The first kappa shape index (κ1) is 13.3. The molecule has 1 fully saturated rings. The number of hydrogen-bond donors (Lipinski definition) is 0. The van der Waals surface area contributed by atoms with Crippen molar-refractivity contribution in [1.29, 1.82) is 0 Å². The summed E-state index contributed by atoms with van der Waals surface area (Å²) in [6, 6.07) is 1.92. The molecular formula is C11H12BrN5S2. The molecule has 0 spiro atoms. The first-order chi connectivity index (χ1) is 9.11. The Morgan fingerprint density at radius 3 is 2.74 bits per heavy atom. The van der Waals surface area contributed by atoms with Gasteiger partial charge in [0, 0.05) is 26.1 Å². The van der Waals surface area contributed by atoms with Gasteiger partial charge in [0.2, 0.25) is 5.13 Å². The molecule has 0 bridgehead atoms. The van der Waals surface area contributed by atoms with Gasteiger partial charge in [0.1, 0.15) is 15.5 Å². The van der Waals surface area contributed by atoms with Crippen molar-refractivity contribution in [2.24, 2.45) is 0 Å². The van der Waals surface area contributed by atoms with Crippen molar-refractivity contribution in [2.75, 3.05) is 19.0 Å². The Bertz CT molecular complexity index is 597. The van der Waals surface area contributed by atoms with Crippen molar-refractivity contribution in [2.45, 2.75) is 28.1 Å². The summed E-state index contributed by atoms with van der Waals surface area (Å²) in [6.45, 7) is 0. The average molecular weight is 358 g/mol. The summed E-state index contributed by atoms with van der Waals surface area (Å²) in [5.41, 5.74) is 0. The predicted molar refractivity (Wildman–Crippen MR) is 80.1 cm³/mol. The molecule has 1 aliphatic carbocycles. The van der Waals surface area contributed by atoms with E-state index in [9.17, 15) is 0 Å². The van der Waals surface area contributed by atoms with Crippen LogP contribution in [0.25, 0.3) is 0 Å². The molecule has 0 N–H and O–H groups in total. The number of anilines is 1. The number of aromatic nitrogens is 4. The van der Waals surface area contributed by atoms with Gasteiger partial charge in [-0.3, -0.25) is 0 Å². The van der Waals surface area contributed by atoms with E-state index in [0.29, 0.717) is 5.92 Å². The molecule has 8 heteroatoms. The highest BCUT2D eigenvalue weighted by molar-refractivity contribution is 9.10. The lowest BCUT2D eigenvalue weighted by Gasteiger charge is -2.04. The average Bonchev–Trinajstić information content (AvgIpc) is 3.09. The summed E-state index contributed by atoms with van der Waals surface area (Å²) in [6.07, 6.45) is 2.40. The zero-order chi connectivity index (χ0) is 13.4. The minimum absolute atomic E-state index is 0.545. The lowest BCUT2D eigenvalue weighted by atomic mass is 10.4. The molecule has 19 heavy (non-hydrogen) atoms. The molecule has 2 aromatic heterocycles. The second kappa shape index (κ2) is 5.34. The number of hydrogen-bond acceptors (Lipinski definition) is 7. The molecule has 5 nitrogen and oxygen atoms in total. The Labute approximate surface area is 128 Å². The number of halogens is 1. The summed E-state index contributed by atoms with van der Waals surface area (Å²) in [5, 5.41) is 10.1. The topological polar surface area (TPSA) is 54.8 Å². The van der Waals surface area contributed by atoms with Crippen LogP contribution in [0.15, 0.2) is 20.0 Å². The zero-order valence-electron chi connectivity index (χ0n) is 10.5. The van der Waals surface area contributed by atoms with Crippen LogP contribution in [0.4, 0.5) is 5.13 Å². The van der Waals surface area contributed by atoms with Crippen LogP contribution in [0.2, 0.25) is 0 Å². The van der Waals surface area contributed by atoms with Crippen LogP contribution in [-0.2, 0) is 0 Å². The summed E-state index contributed by atoms with van der Waals surface area (Å²) in [7, 11) is 3.92. The molecule has 0 amide bonds. The molecule has 100 valence electrons. The van der Waals surface area contributed by atoms with Crippen LogP contribution in [0.1, 0.15) is 24.6 Å². The van der Waals surface area contributed by atoms with Gasteiger partial charge in [-0.15, -0.1) is 10.2 Å². The third kappa shape index (κ3) is 3.24. The van der Waals surface area contributed by atoms with Crippen molar-refractivity contribution in [1.82, 2.24) is 20.2 Å². The number of rotatable bonds is 4. The molecule has 0 saturated heterocycles. The van der Waals surface area contributed by atoms with Crippen LogP contribution < -0.4 is 4.90 Å². The summed E-state index contributed by atoms with van der Waals surface area (Å²) in [4.78, 5) is 11.0. The minimum atomic E-state index is 0.545. The maximum Gasteiger partial charge on any atom is 0.208 e. The Balaban J connectivity index is 1.81. The molecule has 0 unspecified atom stereocenters. The third-order valence-corrected chi connectivity index (χ3v) is 5.07. The Hall–Kier alpha value is -0.730. The first-order valence-corrected chi connectivity index (χ1v) is 8.27. The monoisotopic (exact) mass is 357 g/mol. The zero-order valence-corrected chi connectivity index (χ0v) is 13.7. The van der Waals surface area contributed by atoms with E-state index in [1.165, 1.54) is 24.6 Å². The second-order valence-corrected chi connectivity index (χ2v) is 7.54. The maximum absolute atomic E-state index is 4.59. The summed E-state index contributed by atoms with van der Waals surface area (Å²) < 4.78 is 1.74. The Morgan fingerprint density at radius 1 is 1.32 bits per heavy atom. The van der Waals surface area contributed by atoms with E-state index in [2.05, 4.69) is 36.1 Å². The van der Waals surface area contributed by atoms with Gasteiger partial charge in [-0.05, 0) is 40.5 Å². The molecule has 1 saturated carbocycles. The normalized spacial score (nSPS) is 14.7. The fourth-order valence-electron chi connectivity index (χ4n) is 1.50. The van der Waals surface area contributed by atoms with Crippen LogP contribution in [0, 0.1) is 0 Å². The molecule has 0 aromatic carbocycles. The van der Waals surface area contributed by atoms with E-state index in [1.54, 1.807) is 11.3 Å². The molecule has 0 aliphatic heterocycles. The van der Waals surface area contributed by atoms with Gasteiger partial charge in [-0.1, -0.05) is 11.3 Å². The summed E-state index contributed by atoms with van der Waals surface area (Å²) >= 11 is 6.54. The van der Waals surface area contributed by atoms with Gasteiger partial charge >= 0.3 is 0 Å². The van der Waals surface area contributed by atoms with E-state index < -0.39 is 0 Å². The minimum Gasteiger partial charge on any atom is -0.353 e. The van der Waals surface area contributed by atoms with Gasteiger partial charge < -0.3 is 4.90 Å². The third-order valence-electron chi connectivity index (χ3n) is 2.60. The Kier molecular flexibility index (Phi) is 3.72. The molecule has 2 aromatic rings. The molecule has 0 radical (unpaired) electrons.